The van der Waals surface area contributed by atoms with E-state index in [1.54, 1.807) is 0 Å². The lowest BCUT2D eigenvalue weighted by Crippen LogP contribution is -1.97. The van der Waals surface area contributed by atoms with Crippen LogP contribution < -0.4 is 0 Å². The van der Waals surface area contributed by atoms with Crippen LogP contribution >= 0.6 is 0 Å². The van der Waals surface area contributed by atoms with E-state index < -0.39 is 0 Å². The van der Waals surface area contributed by atoms with Crippen LogP contribution in [0.1, 0.15) is 11.1 Å². The first-order valence-electron chi connectivity index (χ1n) is 16.3. The van der Waals surface area contributed by atoms with E-state index in [0.29, 0.717) is 16.8 Å². The number of hydrogen-bond acceptors (Lipinski definition) is 2. The molecule has 5 heteroatoms. The molecule has 0 aliphatic rings. The lowest BCUT2D eigenvalue weighted by atomic mass is 9.98. The molecule has 0 saturated carbocycles. The molecule has 0 aliphatic heterocycles. The Bertz CT molecular complexity index is 2810. The zero-order valence-corrected chi connectivity index (χ0v) is 26.7. The average Bonchev–Trinajstić information content (AvgIpc) is 3.69. The normalized spacial score (nSPS) is 11.1. The second-order valence-corrected chi connectivity index (χ2v) is 12.3. The molecule has 7 aromatic carbocycles. The predicted octanol–water partition coefficient (Wildman–Crippen LogP) is 11.5. The first-order valence-corrected chi connectivity index (χ1v) is 16.3. The van der Waals surface area contributed by atoms with E-state index >= 15 is 0 Å². The molecule has 0 atom stereocenters. The summed E-state index contributed by atoms with van der Waals surface area (Å²) in [6, 6.07) is 55.6. The highest BCUT2D eigenvalue weighted by Gasteiger charge is 2.19. The van der Waals surface area contributed by atoms with Crippen molar-refractivity contribution >= 4 is 49.3 Å². The van der Waals surface area contributed by atoms with Gasteiger partial charge in [0, 0.05) is 27.2 Å². The standard InChI is InChI=1S/C45H25N5/c1-48-40-10-6-9-35(45(40)50-41-11-4-2-7-36(41)37-8-3-5-12-42(37)50)33-17-15-31(16-18-33)32-19-21-34(22-20-32)49-43-23-13-29(27-46)25-38(43)39-26-30(28-47)14-24-44(39)49/h2-26H. The molecule has 0 amide bonds. The van der Waals surface area contributed by atoms with Crippen LogP contribution in [0.3, 0.4) is 0 Å². The minimum Gasteiger partial charge on any atom is -0.318 e. The summed E-state index contributed by atoms with van der Waals surface area (Å²) >= 11 is 0. The van der Waals surface area contributed by atoms with Crippen LogP contribution in [0.15, 0.2) is 152 Å². The van der Waals surface area contributed by atoms with Crippen LogP contribution in [-0.4, -0.2) is 9.13 Å². The van der Waals surface area contributed by atoms with Crippen LogP contribution in [0, 0.1) is 29.2 Å². The molecule has 9 rings (SSSR count). The summed E-state index contributed by atoms with van der Waals surface area (Å²) in [4.78, 5) is 3.97. The summed E-state index contributed by atoms with van der Waals surface area (Å²) < 4.78 is 4.41. The SMILES string of the molecule is [C-]#[N+]c1cccc(-c2ccc(-c3ccc(-n4c5ccc(C#N)cc5c5cc(C#N)ccc54)cc3)cc2)c1-n1c2ccccc2c2ccccc21. The van der Waals surface area contributed by atoms with Crippen molar-refractivity contribution in [3.63, 3.8) is 0 Å². The summed E-state index contributed by atoms with van der Waals surface area (Å²) in [7, 11) is 0. The molecule has 9 aromatic rings. The molecule has 2 heterocycles. The molecule has 50 heavy (non-hydrogen) atoms. The second-order valence-electron chi connectivity index (χ2n) is 12.3. The quantitative estimate of drug-likeness (QED) is 0.181. The van der Waals surface area contributed by atoms with Crippen molar-refractivity contribution in [1.29, 1.82) is 10.5 Å². The van der Waals surface area contributed by atoms with Crippen LogP contribution in [-0.2, 0) is 0 Å². The van der Waals surface area contributed by atoms with E-state index in [4.69, 9.17) is 6.57 Å². The van der Waals surface area contributed by atoms with Crippen molar-refractivity contribution in [1.82, 2.24) is 9.13 Å². The minimum absolute atomic E-state index is 0.584. The van der Waals surface area contributed by atoms with Gasteiger partial charge in [-0.3, -0.25) is 0 Å². The summed E-state index contributed by atoms with van der Waals surface area (Å²) in [5.41, 5.74) is 11.9. The Kier molecular flexibility index (Phi) is 6.56. The average molecular weight is 636 g/mol. The van der Waals surface area contributed by atoms with Crippen LogP contribution in [0.2, 0.25) is 0 Å². The fourth-order valence-corrected chi connectivity index (χ4v) is 7.34. The topological polar surface area (TPSA) is 61.8 Å². The third-order valence-electron chi connectivity index (χ3n) is 9.62. The molecule has 0 spiro atoms. The Hall–Kier alpha value is -7.39. The molecule has 0 saturated heterocycles. The summed E-state index contributed by atoms with van der Waals surface area (Å²) in [6.45, 7) is 8.09. The maximum Gasteiger partial charge on any atom is 0.211 e. The first kappa shape index (κ1) is 28.8. The molecule has 0 fully saturated rings. The molecule has 0 bridgehead atoms. The third-order valence-corrected chi connectivity index (χ3v) is 9.62. The Morgan fingerprint density at radius 1 is 0.460 bits per heavy atom. The van der Waals surface area contributed by atoms with Gasteiger partial charge in [0.2, 0.25) is 5.69 Å². The van der Waals surface area contributed by atoms with E-state index in [9.17, 15) is 10.5 Å². The van der Waals surface area contributed by atoms with Gasteiger partial charge in [-0.15, -0.1) is 0 Å². The van der Waals surface area contributed by atoms with E-state index in [1.165, 1.54) is 0 Å². The highest BCUT2D eigenvalue weighted by Crippen LogP contribution is 2.41. The van der Waals surface area contributed by atoms with Crippen molar-refractivity contribution in [2.24, 2.45) is 0 Å². The summed E-state index contributed by atoms with van der Waals surface area (Å²) in [6.07, 6.45) is 0. The van der Waals surface area contributed by atoms with Crippen LogP contribution in [0.4, 0.5) is 5.69 Å². The number of aromatic nitrogens is 2. The van der Waals surface area contributed by atoms with Crippen molar-refractivity contribution in [3.05, 3.63) is 174 Å². The molecule has 0 aliphatic carbocycles. The van der Waals surface area contributed by atoms with E-state index in [1.807, 2.05) is 60.7 Å². The van der Waals surface area contributed by atoms with Gasteiger partial charge in [-0.05, 0) is 82.9 Å². The number of benzene rings is 7. The Labute approximate surface area is 288 Å². The number of hydrogen-bond donors (Lipinski definition) is 0. The molecular weight excluding hydrogens is 611 g/mol. The Morgan fingerprint density at radius 3 is 1.50 bits per heavy atom. The summed E-state index contributed by atoms with van der Waals surface area (Å²) in [5.74, 6) is 0. The number of nitrogens with zero attached hydrogens (tertiary/aromatic N) is 5. The van der Waals surface area contributed by atoms with Crippen molar-refractivity contribution in [2.75, 3.05) is 0 Å². The molecule has 5 nitrogen and oxygen atoms in total. The van der Waals surface area contributed by atoms with Gasteiger partial charge in [-0.2, -0.15) is 10.5 Å². The van der Waals surface area contributed by atoms with Gasteiger partial charge < -0.3 is 9.13 Å². The van der Waals surface area contributed by atoms with Gasteiger partial charge in [-0.1, -0.05) is 91.0 Å². The van der Waals surface area contributed by atoms with E-state index in [2.05, 4.69) is 117 Å². The predicted molar refractivity (Wildman–Crippen MR) is 202 cm³/mol. The fourth-order valence-electron chi connectivity index (χ4n) is 7.34. The smallest absolute Gasteiger partial charge is 0.211 e. The Morgan fingerprint density at radius 2 is 0.960 bits per heavy atom. The fraction of sp³-hybridized carbons (Fsp3) is 0. The van der Waals surface area contributed by atoms with Crippen LogP contribution in [0.25, 0.3) is 82.1 Å². The largest absolute Gasteiger partial charge is 0.318 e. The summed E-state index contributed by atoms with van der Waals surface area (Å²) in [5, 5.41) is 23.3. The maximum absolute atomic E-state index is 9.55. The van der Waals surface area contributed by atoms with E-state index in [0.717, 1.165) is 77.2 Å². The number of para-hydroxylation sites is 3. The minimum atomic E-state index is 0.584. The number of rotatable bonds is 4. The number of nitriles is 2. The van der Waals surface area contributed by atoms with Crippen LogP contribution in [0.5, 0.6) is 0 Å². The molecule has 0 radical (unpaired) electrons. The van der Waals surface area contributed by atoms with Gasteiger partial charge >= 0.3 is 0 Å². The van der Waals surface area contributed by atoms with Gasteiger partial charge in [0.1, 0.15) is 0 Å². The monoisotopic (exact) mass is 635 g/mol. The van der Waals surface area contributed by atoms with Gasteiger partial charge in [0.15, 0.2) is 0 Å². The lowest BCUT2D eigenvalue weighted by Gasteiger charge is -2.16. The van der Waals surface area contributed by atoms with E-state index in [-0.39, 0.29) is 0 Å². The first-order chi connectivity index (χ1) is 24.7. The maximum atomic E-state index is 9.55. The highest BCUT2D eigenvalue weighted by atomic mass is 15.0. The molecule has 0 unspecified atom stereocenters. The lowest BCUT2D eigenvalue weighted by molar-refractivity contribution is 1.18. The van der Waals surface area contributed by atoms with Gasteiger partial charge in [0.25, 0.3) is 0 Å². The zero-order chi connectivity index (χ0) is 33.8. The molecule has 0 N–H and O–H groups in total. The van der Waals surface area contributed by atoms with Gasteiger partial charge in [0.05, 0.1) is 57.6 Å². The van der Waals surface area contributed by atoms with Crippen molar-refractivity contribution < 1.29 is 0 Å². The third kappa shape index (κ3) is 4.38. The number of fused-ring (bicyclic) bond motifs is 6. The van der Waals surface area contributed by atoms with Gasteiger partial charge in [-0.25, -0.2) is 4.85 Å². The van der Waals surface area contributed by atoms with Crippen molar-refractivity contribution in [2.45, 2.75) is 0 Å². The molecule has 2 aromatic heterocycles. The Balaban J connectivity index is 1.12. The highest BCUT2D eigenvalue weighted by molar-refractivity contribution is 6.11. The second kappa shape index (κ2) is 11.4. The van der Waals surface area contributed by atoms with Crippen molar-refractivity contribution in [3.8, 4) is 45.8 Å². The molecule has 230 valence electrons. The zero-order valence-electron chi connectivity index (χ0n) is 26.7. The molecular formula is C45H25N5.